The van der Waals surface area contributed by atoms with Gasteiger partial charge in [-0.25, -0.2) is 4.39 Å². The number of azide groups is 1. The van der Waals surface area contributed by atoms with Crippen LogP contribution in [0.3, 0.4) is 0 Å². The fourth-order valence-corrected chi connectivity index (χ4v) is 0.753. The molecule has 0 saturated carbocycles. The highest BCUT2D eigenvalue weighted by Gasteiger charge is 1.99. The number of hydrogen-bond acceptors (Lipinski definition) is 1. The van der Waals surface area contributed by atoms with Crippen molar-refractivity contribution in [1.29, 1.82) is 0 Å². The van der Waals surface area contributed by atoms with E-state index in [-0.39, 0.29) is 5.82 Å². The standard InChI is InChI=1S/C7H6FN3/c1-5-6(8)3-2-4-7(5)10-11-9/h2-4H,1H3. The van der Waals surface area contributed by atoms with Crippen LogP contribution in [0.5, 0.6) is 0 Å². The van der Waals surface area contributed by atoms with Gasteiger partial charge in [-0.05, 0) is 24.1 Å². The van der Waals surface area contributed by atoms with Crippen LogP contribution in [0.1, 0.15) is 5.56 Å². The Morgan fingerprint density at radius 3 is 2.91 bits per heavy atom. The molecule has 0 N–H and O–H groups in total. The van der Waals surface area contributed by atoms with Crippen molar-refractivity contribution >= 4 is 5.69 Å². The molecule has 3 nitrogen and oxygen atoms in total. The average molecular weight is 151 g/mol. The minimum atomic E-state index is -0.352. The van der Waals surface area contributed by atoms with E-state index in [0.29, 0.717) is 11.3 Å². The molecular formula is C7H6FN3. The third-order valence-corrected chi connectivity index (χ3v) is 1.39. The van der Waals surface area contributed by atoms with Gasteiger partial charge in [0.1, 0.15) is 5.82 Å². The van der Waals surface area contributed by atoms with Gasteiger partial charge < -0.3 is 0 Å². The molecule has 0 radical (unpaired) electrons. The third kappa shape index (κ3) is 1.48. The lowest BCUT2D eigenvalue weighted by atomic mass is 10.2. The number of nitrogens with zero attached hydrogens (tertiary/aromatic N) is 3. The van der Waals surface area contributed by atoms with Crippen molar-refractivity contribution in [3.63, 3.8) is 0 Å². The maximum atomic E-state index is 12.7. The van der Waals surface area contributed by atoms with Crippen molar-refractivity contribution in [2.24, 2.45) is 5.11 Å². The normalized spacial score (nSPS) is 8.91. The minimum absolute atomic E-state index is 0.340. The summed E-state index contributed by atoms with van der Waals surface area (Å²) in [4.78, 5) is 2.57. The number of benzene rings is 1. The molecule has 0 atom stereocenters. The average Bonchev–Trinajstić information content (AvgIpc) is 1.99. The fourth-order valence-electron chi connectivity index (χ4n) is 0.753. The Balaban J connectivity index is 3.26. The van der Waals surface area contributed by atoms with Crippen LogP contribution >= 0.6 is 0 Å². The van der Waals surface area contributed by atoms with E-state index in [2.05, 4.69) is 10.0 Å². The van der Waals surface area contributed by atoms with E-state index in [4.69, 9.17) is 5.53 Å². The fraction of sp³-hybridized carbons (Fsp3) is 0.143. The molecule has 0 aliphatic carbocycles. The molecule has 1 aromatic rings. The molecule has 4 heteroatoms. The molecule has 0 aliphatic heterocycles. The van der Waals surface area contributed by atoms with Crippen molar-refractivity contribution in [1.82, 2.24) is 0 Å². The Labute approximate surface area is 63.1 Å². The number of rotatable bonds is 1. The summed E-state index contributed by atoms with van der Waals surface area (Å²) in [6.07, 6.45) is 0. The van der Waals surface area contributed by atoms with Gasteiger partial charge in [0.15, 0.2) is 0 Å². The lowest BCUT2D eigenvalue weighted by Crippen LogP contribution is -1.79. The number of halogens is 1. The van der Waals surface area contributed by atoms with Crippen LogP contribution < -0.4 is 0 Å². The third-order valence-electron chi connectivity index (χ3n) is 1.39. The molecule has 0 amide bonds. The predicted molar refractivity (Wildman–Crippen MR) is 39.9 cm³/mol. The second kappa shape index (κ2) is 3.03. The van der Waals surface area contributed by atoms with Crippen LogP contribution in [0.15, 0.2) is 23.3 Å². The second-order valence-corrected chi connectivity index (χ2v) is 2.07. The summed E-state index contributed by atoms with van der Waals surface area (Å²) >= 11 is 0. The molecule has 0 saturated heterocycles. The van der Waals surface area contributed by atoms with Crippen molar-refractivity contribution in [3.8, 4) is 0 Å². The zero-order valence-electron chi connectivity index (χ0n) is 5.95. The van der Waals surface area contributed by atoms with Crippen molar-refractivity contribution < 1.29 is 4.39 Å². The largest absolute Gasteiger partial charge is 0.207 e. The first-order valence-corrected chi connectivity index (χ1v) is 3.06. The topological polar surface area (TPSA) is 48.8 Å². The molecule has 0 fully saturated rings. The van der Waals surface area contributed by atoms with E-state index in [9.17, 15) is 4.39 Å². The summed E-state index contributed by atoms with van der Waals surface area (Å²) < 4.78 is 12.7. The van der Waals surface area contributed by atoms with Crippen LogP contribution in [0.25, 0.3) is 10.4 Å². The highest BCUT2D eigenvalue weighted by Crippen LogP contribution is 2.20. The minimum Gasteiger partial charge on any atom is -0.207 e. The highest BCUT2D eigenvalue weighted by atomic mass is 19.1. The van der Waals surface area contributed by atoms with Crippen LogP contribution in [0.2, 0.25) is 0 Å². The van der Waals surface area contributed by atoms with Gasteiger partial charge >= 0.3 is 0 Å². The Kier molecular flexibility index (Phi) is 2.09. The predicted octanol–water partition coefficient (Wildman–Crippen LogP) is 3.08. The smallest absolute Gasteiger partial charge is 0.126 e. The van der Waals surface area contributed by atoms with Gasteiger partial charge in [0.2, 0.25) is 0 Å². The van der Waals surface area contributed by atoms with E-state index in [0.717, 1.165) is 0 Å². The molecule has 0 unspecified atom stereocenters. The summed E-state index contributed by atoms with van der Waals surface area (Å²) in [6.45, 7) is 1.57. The van der Waals surface area contributed by atoms with Crippen LogP contribution in [0, 0.1) is 12.7 Å². The van der Waals surface area contributed by atoms with E-state index in [1.807, 2.05) is 0 Å². The Bertz CT molecular complexity index is 315. The summed E-state index contributed by atoms with van der Waals surface area (Å²) in [5, 5.41) is 3.31. The van der Waals surface area contributed by atoms with Gasteiger partial charge in [-0.3, -0.25) is 0 Å². The van der Waals surface area contributed by atoms with Gasteiger partial charge in [-0.2, -0.15) is 0 Å². The van der Waals surface area contributed by atoms with Gasteiger partial charge in [0.25, 0.3) is 0 Å². The maximum Gasteiger partial charge on any atom is 0.126 e. The van der Waals surface area contributed by atoms with Gasteiger partial charge in [0, 0.05) is 10.6 Å². The molecule has 0 heterocycles. The lowest BCUT2D eigenvalue weighted by Gasteiger charge is -1.97. The summed E-state index contributed by atoms with van der Waals surface area (Å²) in [5.41, 5.74) is 8.79. The first kappa shape index (κ1) is 7.57. The first-order valence-electron chi connectivity index (χ1n) is 3.06. The van der Waals surface area contributed by atoms with E-state index >= 15 is 0 Å². The monoisotopic (exact) mass is 151 g/mol. The van der Waals surface area contributed by atoms with Gasteiger partial charge in [-0.1, -0.05) is 17.2 Å². The van der Waals surface area contributed by atoms with Crippen LogP contribution in [0.4, 0.5) is 10.1 Å². The molecule has 1 aromatic carbocycles. The van der Waals surface area contributed by atoms with Gasteiger partial charge in [0.05, 0.1) is 0 Å². The molecule has 56 valence electrons. The zero-order chi connectivity index (χ0) is 8.27. The summed E-state index contributed by atoms with van der Waals surface area (Å²) in [7, 11) is 0. The molecule has 0 bridgehead atoms. The SMILES string of the molecule is Cc1c(F)cccc1N=[N+]=[N-]. The van der Waals surface area contributed by atoms with E-state index < -0.39 is 0 Å². The molecule has 11 heavy (non-hydrogen) atoms. The quantitative estimate of drug-likeness (QED) is 0.336. The van der Waals surface area contributed by atoms with Crippen molar-refractivity contribution in [2.75, 3.05) is 0 Å². The molecular weight excluding hydrogens is 145 g/mol. The van der Waals surface area contributed by atoms with E-state index in [1.54, 1.807) is 13.0 Å². The lowest BCUT2D eigenvalue weighted by molar-refractivity contribution is 0.619. The highest BCUT2D eigenvalue weighted by molar-refractivity contribution is 5.45. The Morgan fingerprint density at radius 2 is 2.27 bits per heavy atom. The molecule has 0 aliphatic rings. The zero-order valence-corrected chi connectivity index (χ0v) is 5.95. The summed E-state index contributed by atoms with van der Waals surface area (Å²) in [5.74, 6) is -0.352. The van der Waals surface area contributed by atoms with Gasteiger partial charge in [-0.15, -0.1) is 0 Å². The number of hydrogen-bond donors (Lipinski definition) is 0. The van der Waals surface area contributed by atoms with Crippen LogP contribution in [-0.2, 0) is 0 Å². The summed E-state index contributed by atoms with van der Waals surface area (Å²) in [6, 6.07) is 4.40. The molecule has 0 aromatic heterocycles. The Morgan fingerprint density at radius 1 is 1.55 bits per heavy atom. The first-order chi connectivity index (χ1) is 5.25. The van der Waals surface area contributed by atoms with E-state index in [1.165, 1.54) is 12.1 Å². The molecule has 1 rings (SSSR count). The second-order valence-electron chi connectivity index (χ2n) is 2.07. The maximum absolute atomic E-state index is 12.7. The van der Waals surface area contributed by atoms with Crippen molar-refractivity contribution in [3.05, 3.63) is 40.0 Å². The Hall–Kier alpha value is -1.54. The van der Waals surface area contributed by atoms with Crippen molar-refractivity contribution in [2.45, 2.75) is 6.92 Å². The molecule has 0 spiro atoms. The van der Waals surface area contributed by atoms with Crippen LogP contribution in [-0.4, -0.2) is 0 Å².